The second kappa shape index (κ2) is 19.7. The molecule has 5 nitrogen and oxygen atoms in total. The fourth-order valence-corrected chi connectivity index (χ4v) is 11.3. The van der Waals surface area contributed by atoms with Crippen LogP contribution in [0.5, 0.6) is 11.5 Å². The molecular weight excluding hydrogens is 949 g/mol. The van der Waals surface area contributed by atoms with Gasteiger partial charge in [0.2, 0.25) is 0 Å². The lowest BCUT2D eigenvalue weighted by Crippen LogP contribution is -2.28. The first-order valence-electron chi connectivity index (χ1n) is 27.7. The maximum absolute atomic E-state index is 7.25. The fourth-order valence-electron chi connectivity index (χ4n) is 11.3. The van der Waals surface area contributed by atoms with Crippen molar-refractivity contribution >= 4 is 38.9 Å². The molecule has 78 heavy (non-hydrogen) atoms. The predicted octanol–water partition coefficient (Wildman–Crippen LogP) is 18.8. The van der Waals surface area contributed by atoms with Crippen LogP contribution in [0.2, 0.25) is 0 Å². The number of hydrogen-bond acceptors (Lipinski definition) is 4. The van der Waals surface area contributed by atoms with Crippen LogP contribution in [0.15, 0.2) is 219 Å². The molecule has 0 spiro atoms. The van der Waals surface area contributed by atoms with Crippen molar-refractivity contribution in [2.45, 2.75) is 110 Å². The fraction of sp³-hybridized carbons (Fsp3) is 0.247. The number of anilines is 2. The van der Waals surface area contributed by atoms with Crippen LogP contribution >= 0.6 is 0 Å². The zero-order chi connectivity index (χ0) is 54.8. The van der Waals surface area contributed by atoms with E-state index in [0.717, 1.165) is 61.9 Å². The Kier molecular flexibility index (Phi) is 13.1. The van der Waals surface area contributed by atoms with Crippen molar-refractivity contribution < 1.29 is 4.74 Å². The molecule has 0 bridgehead atoms. The van der Waals surface area contributed by atoms with Gasteiger partial charge in [-0.2, -0.15) is 0 Å². The van der Waals surface area contributed by atoms with Crippen molar-refractivity contribution in [3.05, 3.63) is 269 Å². The summed E-state index contributed by atoms with van der Waals surface area (Å²) in [5, 5.41) is 2.36. The number of hydrogen-bond donors (Lipinski definition) is 0. The van der Waals surface area contributed by atoms with Crippen LogP contribution in [0, 0.1) is 0 Å². The molecule has 0 amide bonds. The average Bonchev–Trinajstić information content (AvgIpc) is 4.24. The largest absolute Gasteiger partial charge is 0.457 e. The molecule has 0 saturated heterocycles. The minimum atomic E-state index is -0.369. The summed E-state index contributed by atoms with van der Waals surface area (Å²) in [6, 6.07) is 75.5. The van der Waals surface area contributed by atoms with Crippen LogP contribution < -0.4 is 14.5 Å². The summed E-state index contributed by atoms with van der Waals surface area (Å²) in [6.45, 7) is 28.2. The monoisotopic (exact) mass is 1020 g/mol. The molecule has 0 fully saturated rings. The molecule has 8 aromatic carbocycles. The van der Waals surface area contributed by atoms with Crippen molar-refractivity contribution in [2.24, 2.45) is 0 Å². The Balaban J connectivity index is 1.06. The summed E-state index contributed by atoms with van der Waals surface area (Å²) in [5.74, 6) is 2.41. The van der Waals surface area contributed by atoms with E-state index in [1.54, 1.807) is 0 Å². The predicted molar refractivity (Wildman–Crippen MR) is 329 cm³/mol. The molecule has 10 aromatic rings. The number of pyridine rings is 1. The average molecular weight is 1020 g/mol. The molecule has 0 atom stereocenters. The molecule has 0 radical (unpaired) electrons. The first-order valence-corrected chi connectivity index (χ1v) is 27.7. The molecule has 1 aliphatic heterocycles. The van der Waals surface area contributed by atoms with E-state index in [9.17, 15) is 0 Å². The van der Waals surface area contributed by atoms with Crippen molar-refractivity contribution in [1.82, 2.24) is 9.55 Å². The Bertz CT molecular complexity index is 3770. The quantitative estimate of drug-likeness (QED) is 0.122. The number of ether oxygens (including phenoxy) is 1. The number of fused-ring (bicyclic) bond motifs is 3. The summed E-state index contributed by atoms with van der Waals surface area (Å²) in [5.41, 5.74) is 15.6. The highest BCUT2D eigenvalue weighted by atomic mass is 16.5. The summed E-state index contributed by atoms with van der Waals surface area (Å²) in [4.78, 5) is 9.93. The zero-order valence-electron chi connectivity index (χ0n) is 47.7. The normalized spacial score (nSPS) is 13.6. The summed E-state index contributed by atoms with van der Waals surface area (Å²) >= 11 is 0. The molecule has 392 valence electrons. The van der Waals surface area contributed by atoms with E-state index >= 15 is 0 Å². The Hall–Kier alpha value is -8.15. The number of rotatable bonds is 12. The van der Waals surface area contributed by atoms with Gasteiger partial charge in [-0.15, -0.1) is 0 Å². The molecule has 5 heteroatoms. The number of aromatic nitrogens is 2. The Labute approximate surface area is 463 Å². The van der Waals surface area contributed by atoms with Crippen LogP contribution in [-0.2, 0) is 27.1 Å². The van der Waals surface area contributed by atoms with Crippen LogP contribution in [0.25, 0.3) is 33.3 Å². The molecule has 0 aliphatic carbocycles. The maximum Gasteiger partial charge on any atom is 0.137 e. The molecule has 0 saturated carbocycles. The van der Waals surface area contributed by atoms with Gasteiger partial charge in [0.05, 0.1) is 23.4 Å². The molecule has 11 rings (SSSR count). The van der Waals surface area contributed by atoms with Gasteiger partial charge in [0.15, 0.2) is 0 Å². The molecular formula is C73H74N4O. The van der Waals surface area contributed by atoms with Gasteiger partial charge in [-0.05, 0) is 122 Å². The molecule has 2 aromatic heterocycles. The second-order valence-electron chi connectivity index (χ2n) is 25.1. The van der Waals surface area contributed by atoms with Gasteiger partial charge in [0.25, 0.3) is 0 Å². The van der Waals surface area contributed by atoms with Crippen molar-refractivity contribution in [2.75, 3.05) is 16.5 Å². The van der Waals surface area contributed by atoms with Gasteiger partial charge in [0.1, 0.15) is 17.3 Å². The highest BCUT2D eigenvalue weighted by Crippen LogP contribution is 2.45. The van der Waals surface area contributed by atoms with Gasteiger partial charge in [-0.25, -0.2) is 4.98 Å². The van der Waals surface area contributed by atoms with Crippen LogP contribution in [0.4, 0.5) is 11.4 Å². The third-order valence-corrected chi connectivity index (χ3v) is 16.7. The highest BCUT2D eigenvalue weighted by molar-refractivity contribution is 6.10. The van der Waals surface area contributed by atoms with Crippen molar-refractivity contribution in [3.8, 4) is 17.3 Å². The van der Waals surface area contributed by atoms with E-state index in [1.165, 1.54) is 44.3 Å². The van der Waals surface area contributed by atoms with Gasteiger partial charge in [-0.1, -0.05) is 217 Å². The van der Waals surface area contributed by atoms with E-state index in [-0.39, 0.29) is 27.1 Å². The van der Waals surface area contributed by atoms with E-state index in [1.807, 2.05) is 6.20 Å². The van der Waals surface area contributed by atoms with Crippen molar-refractivity contribution in [1.29, 1.82) is 0 Å². The molecule has 3 heterocycles. The van der Waals surface area contributed by atoms with Crippen LogP contribution in [0.3, 0.4) is 0 Å². The smallest absolute Gasteiger partial charge is 0.137 e. The molecule has 0 N–H and O–H groups in total. The highest BCUT2D eigenvalue weighted by Gasteiger charge is 2.33. The first-order chi connectivity index (χ1) is 37.2. The molecule has 1 aliphatic rings. The number of nitrogens with zero attached hydrogens (tertiary/aromatic N) is 4. The van der Waals surface area contributed by atoms with E-state index in [0.29, 0.717) is 6.67 Å². The van der Waals surface area contributed by atoms with E-state index in [2.05, 4.69) is 310 Å². The molecule has 0 unspecified atom stereocenters. The maximum atomic E-state index is 7.25. The Morgan fingerprint density at radius 2 is 0.897 bits per heavy atom. The summed E-state index contributed by atoms with van der Waals surface area (Å²) in [6.07, 6.45) is 4.29. The lowest BCUT2D eigenvalue weighted by Gasteiger charge is -2.33. The number of benzene rings is 8. The lowest BCUT2D eigenvalue weighted by molar-refractivity contribution is 0.480. The van der Waals surface area contributed by atoms with Gasteiger partial charge >= 0.3 is 0 Å². The lowest BCUT2D eigenvalue weighted by atomic mass is 9.73. The minimum Gasteiger partial charge on any atom is -0.457 e. The summed E-state index contributed by atoms with van der Waals surface area (Å²) in [7, 11) is 0. The van der Waals surface area contributed by atoms with Gasteiger partial charge in [0, 0.05) is 62.9 Å². The van der Waals surface area contributed by atoms with Crippen LogP contribution in [0.1, 0.15) is 133 Å². The first kappa shape index (κ1) is 51.9. The summed E-state index contributed by atoms with van der Waals surface area (Å²) < 4.78 is 9.57. The standard InChI is InChI=1S/C73H74N4O/c1-69(2,3)54-33-36-65-64(44-54)63-35-34-61(47-66(63)77(65)68-45-55(37-38-74-68)70(4,5)6)78-62-43-58(73(11,12)53-31-23-16-24-32-53)42-60(46-62)76-49-75(48-67(76)50-25-17-13-18-26-50)59-40-56(71(7,8)51-27-19-14-20-28-51)39-57(41-59)72(9,10)52-29-21-15-22-30-52/h13-48H,49H2,1-12H3. The Morgan fingerprint density at radius 3 is 1.45 bits per heavy atom. The van der Waals surface area contributed by atoms with Gasteiger partial charge in [-0.3, -0.25) is 4.57 Å². The van der Waals surface area contributed by atoms with E-state index < -0.39 is 0 Å². The zero-order valence-corrected chi connectivity index (χ0v) is 47.7. The van der Waals surface area contributed by atoms with Crippen molar-refractivity contribution in [3.63, 3.8) is 0 Å². The van der Waals surface area contributed by atoms with E-state index in [4.69, 9.17) is 9.72 Å². The van der Waals surface area contributed by atoms with Gasteiger partial charge < -0.3 is 14.5 Å². The second-order valence-corrected chi connectivity index (χ2v) is 25.1. The Morgan fingerprint density at radius 1 is 0.385 bits per heavy atom. The third-order valence-electron chi connectivity index (χ3n) is 16.7. The third kappa shape index (κ3) is 9.81. The SMILES string of the molecule is CC(C)(C)c1ccnc(-n2c3ccc(C(C)(C)C)cc3c3ccc(Oc4cc(N5CN(c6cc(C(C)(C)c7ccccc7)cc(C(C)(C)c7ccccc7)c6)C=C5c5ccccc5)cc(C(C)(C)c5ccccc5)c4)cc32)c1. The minimum absolute atomic E-state index is 0.0141. The van der Waals surface area contributed by atoms with Crippen LogP contribution in [-0.4, -0.2) is 16.2 Å². The topological polar surface area (TPSA) is 33.5 Å².